The molecule has 0 aliphatic carbocycles. The van der Waals surface area contributed by atoms with Gasteiger partial charge in [-0.25, -0.2) is 0 Å². The standard InChI is InChI=1S/C48H12F68N2O2/c49-17(50,21(57,58)25(65,66)29(73,74)33(81,82)37(89,90)41(97,98)45(105,106)107)11-3-9(15(119)13(5-11)19(53,54)23(61,62)27(69,70)31(77,78)35(85,86)39(93,94)43(101,102)47(111,112)113)7-117-1-2-118-8-10-4-12(18(51,52)22(59,60)26(67,68)30(75,76)34(83,84)38(91,92)42(99,100)46(108,109)110)6-14(16(10)120)20(55,56)24(63,64)28(71,72)32(79,80)36(87,88)40(95,96)44(103,104)48(114,115)116/h3-8,119-120H,1-2H2. The SMILES string of the molecule is Oc1c(C=NCCN=Cc2cc(C(F)(F)C(F)(F)C(F)(F)C(F)(F)C(F)(F)C(F)(F)C(F)(F)C(F)(F)F)cc(C(F)(F)C(F)(F)C(F)(F)C(F)(F)C(F)(F)C(F)(F)C(F)(F)C(F)(F)F)c2O)cc(C(F)(F)C(F)(F)C(F)(F)C(F)(F)C(F)(F)C(F)(F)C(F)(F)C(F)(F)F)cc1C(F)(F)C(F)(F)C(F)(F)C(F)(F)C(F)(F)C(F)(F)C(F)(F)C(F)(F)F. The van der Waals surface area contributed by atoms with Crippen molar-refractivity contribution in [3.63, 3.8) is 0 Å². The number of nitrogens with zero attached hydrogens (tertiary/aromatic N) is 2. The molecule has 0 radical (unpaired) electrons. The second kappa shape index (κ2) is 28.6. The molecular formula is C48H12F68N2O2. The highest BCUT2D eigenvalue weighted by atomic mass is 19.5. The fourth-order valence-electron chi connectivity index (χ4n) is 8.15. The molecule has 702 valence electrons. The van der Waals surface area contributed by atoms with Gasteiger partial charge in [-0.1, -0.05) is 0 Å². The first-order valence-electron chi connectivity index (χ1n) is 26.8. The monoisotopic (exact) mass is 1940 g/mol. The van der Waals surface area contributed by atoms with Crippen molar-refractivity contribution in [2.45, 2.75) is 191 Å². The lowest BCUT2D eigenvalue weighted by molar-refractivity contribution is -0.463. The van der Waals surface area contributed by atoms with Crippen LogP contribution in [0.15, 0.2) is 34.3 Å². The Hall–Kier alpha value is -7.38. The number of aliphatic imine (C=N–C) groups is 2. The molecule has 0 fully saturated rings. The van der Waals surface area contributed by atoms with Gasteiger partial charge in [0, 0.05) is 34.7 Å². The molecule has 4 nitrogen and oxygen atoms in total. The zero-order valence-electron chi connectivity index (χ0n) is 52.4. The number of phenolic OH excluding ortho intramolecular Hbond substituents is 2. The summed E-state index contributed by atoms with van der Waals surface area (Å²) in [5.74, 6) is -278. The Bertz CT molecular complexity index is 3850. The van der Waals surface area contributed by atoms with E-state index >= 15 is 70.2 Å². The van der Waals surface area contributed by atoms with Crippen LogP contribution in [0.5, 0.6) is 11.5 Å². The van der Waals surface area contributed by atoms with E-state index in [2.05, 4.69) is 9.98 Å². The van der Waals surface area contributed by atoms with Crippen LogP contribution in [0.3, 0.4) is 0 Å². The van der Waals surface area contributed by atoms with Crippen LogP contribution in [-0.4, -0.2) is 203 Å². The first-order valence-corrected chi connectivity index (χ1v) is 26.8. The first-order chi connectivity index (χ1) is 51.2. The molecule has 0 aliphatic heterocycles. The highest BCUT2D eigenvalue weighted by Gasteiger charge is 3.01. The van der Waals surface area contributed by atoms with Crippen LogP contribution in [0.1, 0.15) is 33.4 Å². The van der Waals surface area contributed by atoms with Crippen LogP contribution in [0.2, 0.25) is 0 Å². The summed E-state index contributed by atoms with van der Waals surface area (Å²) in [6.45, 7) is -5.48. The summed E-state index contributed by atoms with van der Waals surface area (Å²) >= 11 is 0. The van der Waals surface area contributed by atoms with E-state index in [0.717, 1.165) is 0 Å². The zero-order chi connectivity index (χ0) is 97.7. The number of phenols is 2. The highest BCUT2D eigenvalue weighted by molar-refractivity contribution is 5.86. The summed E-state index contributed by atoms with van der Waals surface area (Å²) in [6, 6.07) is -10.5. The van der Waals surface area contributed by atoms with Crippen molar-refractivity contribution in [1.82, 2.24) is 0 Å². The first kappa shape index (κ1) is 109. The van der Waals surface area contributed by atoms with E-state index in [4.69, 9.17) is 0 Å². The second-order valence-corrected chi connectivity index (χ2v) is 23.1. The Morgan fingerprint density at radius 2 is 0.300 bits per heavy atom. The average Bonchev–Trinajstić information content (AvgIpc) is 0.697. The van der Waals surface area contributed by atoms with Gasteiger partial charge in [0.1, 0.15) is 11.5 Å². The maximum Gasteiger partial charge on any atom is 0.460 e. The largest absolute Gasteiger partial charge is 0.507 e. The number of alkyl halides is 68. The van der Waals surface area contributed by atoms with Crippen LogP contribution < -0.4 is 0 Å². The van der Waals surface area contributed by atoms with Crippen molar-refractivity contribution in [3.05, 3.63) is 57.6 Å². The quantitative estimate of drug-likeness (QED) is 0.0425. The van der Waals surface area contributed by atoms with E-state index in [9.17, 15) is 239 Å². The number of benzene rings is 2. The Morgan fingerprint density at radius 1 is 0.175 bits per heavy atom. The van der Waals surface area contributed by atoms with Crippen molar-refractivity contribution in [1.29, 1.82) is 0 Å². The Balaban J connectivity index is 3.53. The molecule has 120 heavy (non-hydrogen) atoms. The molecule has 2 aromatic carbocycles. The van der Waals surface area contributed by atoms with Gasteiger partial charge in [-0.3, -0.25) is 9.98 Å². The van der Waals surface area contributed by atoms with E-state index in [1.54, 1.807) is 0 Å². The minimum absolute atomic E-state index is 1.71. The molecule has 0 heterocycles. The lowest BCUT2D eigenvalue weighted by Gasteiger charge is -2.43. The van der Waals surface area contributed by atoms with Crippen molar-refractivity contribution >= 4 is 12.4 Å². The van der Waals surface area contributed by atoms with Gasteiger partial charge in [0.25, 0.3) is 0 Å². The summed E-state index contributed by atoms with van der Waals surface area (Å²) in [7, 11) is 0. The molecule has 0 aliphatic rings. The molecule has 2 rings (SSSR count). The number of hydrogen-bond acceptors (Lipinski definition) is 4. The van der Waals surface area contributed by atoms with Crippen molar-refractivity contribution in [3.8, 4) is 11.5 Å². The molecule has 0 atom stereocenters. The zero-order valence-corrected chi connectivity index (χ0v) is 52.4. The van der Waals surface area contributed by atoms with Crippen molar-refractivity contribution in [2.24, 2.45) is 9.98 Å². The maximum absolute atomic E-state index is 15.7. The number of hydrogen-bond donors (Lipinski definition) is 2. The molecule has 0 amide bonds. The molecule has 0 bridgehead atoms. The molecule has 0 saturated carbocycles. The summed E-state index contributed by atoms with van der Waals surface area (Å²) in [5.41, 5.74) is -27.3. The lowest BCUT2D eigenvalue weighted by Crippen LogP contribution is -2.74. The van der Waals surface area contributed by atoms with Gasteiger partial charge in [0.2, 0.25) is 0 Å². The third-order valence-electron chi connectivity index (χ3n) is 15.4. The molecule has 0 aromatic heterocycles. The number of aromatic hydroxyl groups is 2. The summed E-state index contributed by atoms with van der Waals surface area (Å²) in [5, 5.41) is 20.4. The average molecular weight is 1940 g/mol. The van der Waals surface area contributed by atoms with Gasteiger partial charge < -0.3 is 10.2 Å². The summed E-state index contributed by atoms with van der Waals surface area (Å²) in [4.78, 5) is 4.14. The summed E-state index contributed by atoms with van der Waals surface area (Å²) < 4.78 is 965. The van der Waals surface area contributed by atoms with Gasteiger partial charge in [-0.05, 0) is 24.3 Å². The number of rotatable bonds is 33. The predicted octanol–water partition coefficient (Wildman–Crippen LogP) is 24.5. The topological polar surface area (TPSA) is 65.2 Å². The highest BCUT2D eigenvalue weighted by Crippen LogP contribution is 2.73. The second-order valence-electron chi connectivity index (χ2n) is 23.1. The third kappa shape index (κ3) is 13.9. The Labute approximate surface area is 604 Å². The third-order valence-corrected chi connectivity index (χ3v) is 15.4. The van der Waals surface area contributed by atoms with E-state index in [-0.39, 0.29) is 0 Å². The van der Waals surface area contributed by atoms with Gasteiger partial charge in [0.05, 0.1) is 24.2 Å². The maximum atomic E-state index is 15.7. The molecule has 2 N–H and O–H groups in total. The Kier molecular flexibility index (Phi) is 25.9. The summed E-state index contributed by atoms with van der Waals surface area (Å²) in [6.07, 6.45) is -37.9. The van der Waals surface area contributed by atoms with Crippen LogP contribution >= 0.6 is 0 Å². The minimum Gasteiger partial charge on any atom is -0.507 e. The molecule has 2 aromatic rings. The fraction of sp³-hybridized carbons (Fsp3) is 0.708. The number of halogens is 68. The Morgan fingerprint density at radius 3 is 0.442 bits per heavy atom. The van der Waals surface area contributed by atoms with Crippen LogP contribution in [-0.2, 0) is 23.7 Å². The minimum atomic E-state index is -10.0. The smallest absolute Gasteiger partial charge is 0.460 e. The predicted molar refractivity (Wildman–Crippen MR) is 240 cm³/mol. The molecule has 0 unspecified atom stereocenters. The van der Waals surface area contributed by atoms with Crippen molar-refractivity contribution in [2.75, 3.05) is 13.1 Å². The van der Waals surface area contributed by atoms with E-state index < -0.39 is 285 Å². The fourth-order valence-corrected chi connectivity index (χ4v) is 8.15. The van der Waals surface area contributed by atoms with Gasteiger partial charge in [-0.15, -0.1) is 0 Å². The van der Waals surface area contributed by atoms with Gasteiger partial charge >= 0.3 is 191 Å². The van der Waals surface area contributed by atoms with Crippen LogP contribution in [0, 0.1) is 0 Å². The molecule has 72 heteroatoms. The van der Waals surface area contributed by atoms with E-state index in [0.29, 0.717) is 0 Å². The molecule has 0 saturated heterocycles. The molecular weight excluding hydrogens is 1930 g/mol. The molecule has 0 spiro atoms. The van der Waals surface area contributed by atoms with Crippen LogP contribution in [0.25, 0.3) is 0 Å². The van der Waals surface area contributed by atoms with Crippen molar-refractivity contribution < 1.29 is 309 Å². The van der Waals surface area contributed by atoms with Gasteiger partial charge in [0.15, 0.2) is 0 Å². The lowest BCUT2D eigenvalue weighted by atomic mass is 9.84. The van der Waals surface area contributed by atoms with E-state index in [1.165, 1.54) is 0 Å². The van der Waals surface area contributed by atoms with Crippen LogP contribution in [0.4, 0.5) is 299 Å². The van der Waals surface area contributed by atoms with E-state index in [1.807, 2.05) is 0 Å². The normalized spacial score (nSPS) is 16.7. The van der Waals surface area contributed by atoms with Gasteiger partial charge in [-0.2, -0.15) is 299 Å².